The van der Waals surface area contributed by atoms with Gasteiger partial charge >= 0.3 is 12.1 Å². The Morgan fingerprint density at radius 1 is 0.320 bits per heavy atom. The van der Waals surface area contributed by atoms with Crippen LogP contribution < -0.4 is 37.3 Å². The molecule has 0 bridgehead atoms. The summed E-state index contributed by atoms with van der Waals surface area (Å²) in [6.45, 7) is 130. The molecule has 14 rings (SSSR count). The number of hydrazone groups is 1. The van der Waals surface area contributed by atoms with Crippen molar-refractivity contribution < 1.29 is 42.8 Å². The largest absolute Gasteiger partial charge is 0.482 e. The van der Waals surface area contributed by atoms with Crippen LogP contribution in [0.4, 0.5) is 9.59 Å². The Morgan fingerprint density at radius 2 is 0.773 bits per heavy atom. The zero-order valence-corrected chi connectivity index (χ0v) is 103. The standard InChI is InChI=1S/C4H9N.C4H8O.C4H8S.C3H6N2O.2C3H6N2.C3H5NO2.C3H7NO.2C3H5NO.2C3H5NS.C3H6O2.C3H6S2.28C2H6/c3*1-2-4-5-3-1;6-3-4-1-2-5-3;1-2-5-3-4-1;1-2-4-5-3-1;5-3-4-1-2-6-3;2*1-2-5-3-4-1;1-2-4-5-3-1;1-2-5-3-4-1;1-2-4-5-3-1;2*1-2-5-3-4-1;28*1-2/h5H,1-4H2;2*1-4H2;1-2H2,(H2,4,5,6);3H,1-2H2,(H,4,5);2,5H,1,3H2;1-2H2,(H,4,5);4H,1-3H2;3H,1-2H2;2H,1,3H2;3H,1-2H2;2H,1,3H2;2*1-3H2;28*1-2H3. The second-order valence-electron chi connectivity index (χ2n) is 14.8. The number of cyclic esters (lactones) is 1. The van der Waals surface area contributed by atoms with Crippen molar-refractivity contribution >= 4 is 108 Å². The normalized spacial score (nSPS) is 13.4. The van der Waals surface area contributed by atoms with Crippen LogP contribution in [0.25, 0.3) is 0 Å². The number of hydrogen-bond donors (Lipinski definition) is 7. The molecule has 14 heterocycles. The number of amides is 3. The quantitative estimate of drug-likeness (QED) is 0.111. The molecule has 0 aromatic rings. The summed E-state index contributed by atoms with van der Waals surface area (Å²) in [6, 6.07) is -0.0463. The van der Waals surface area contributed by atoms with Crippen molar-refractivity contribution in [2.24, 2.45) is 29.6 Å². The third kappa shape index (κ3) is 363. The highest BCUT2D eigenvalue weighted by Gasteiger charge is 2.06. The van der Waals surface area contributed by atoms with Crippen LogP contribution >= 0.6 is 59.0 Å². The van der Waals surface area contributed by atoms with E-state index in [1.165, 1.54) is 104 Å². The Balaban J connectivity index is -0.0000000311. The number of rotatable bonds is 0. The van der Waals surface area contributed by atoms with E-state index in [2.05, 4.69) is 93.0 Å². The maximum Gasteiger partial charge on any atom is 0.407 e. The molecule has 0 spiro atoms. The van der Waals surface area contributed by atoms with Crippen molar-refractivity contribution in [3.8, 4) is 0 Å². The number of nitrogens with zero attached hydrogens (tertiary/aromatic N) is 6. The Morgan fingerprint density at radius 3 is 0.883 bits per heavy atom. The topological polar surface area (TPSA) is 257 Å². The number of thioether (sulfide) groups is 4. The molecule has 14 aliphatic heterocycles. The van der Waals surface area contributed by atoms with Gasteiger partial charge in [0.2, 0.25) is 0 Å². The summed E-state index contributed by atoms with van der Waals surface area (Å²) in [6.07, 6.45) is 20.0. The van der Waals surface area contributed by atoms with Gasteiger partial charge in [-0.25, -0.2) is 14.0 Å². The first-order valence-electron chi connectivity index (χ1n) is 53.1. The van der Waals surface area contributed by atoms with E-state index in [0.717, 1.165) is 118 Å². The molecule has 0 aromatic heterocycles. The van der Waals surface area contributed by atoms with Gasteiger partial charge in [-0.05, 0) is 81.5 Å². The number of nitrogens with one attached hydrogen (secondary N) is 7. The van der Waals surface area contributed by atoms with E-state index in [1.54, 1.807) is 36.3 Å². The molecule has 14 aliphatic rings. The zero-order chi connectivity index (χ0) is 107. The number of hydrogen-bond acceptors (Lipinski definition) is 24. The third-order valence-corrected chi connectivity index (χ3v) is 13.9. The molecule has 27 heteroatoms. The van der Waals surface area contributed by atoms with E-state index in [0.29, 0.717) is 19.9 Å². The number of ether oxygens (including phenoxy) is 6. The SMILES string of the molecule is C1=NCCN1.C1=NCCO1.C1=NCCS1.C1=NNCC1.C1=NOCC1.C1=NSCC1.C1CCNC1.C1CCOC1.C1CCSC1.C1COCN1.C1COCO1.C1CSCS1.CC.CC.CC.CC.CC.CC.CC.CC.CC.CC.CC.CC.CC.CC.CC.CC.CC.CC.CC.CC.CC.CC.CC.CC.CC.CC.CC.CC.O=C1NCCN1.O=C1NCCO1. The van der Waals surface area contributed by atoms with Gasteiger partial charge in [-0.1, -0.05) is 393 Å². The summed E-state index contributed by atoms with van der Waals surface area (Å²) in [4.78, 5) is 35.9. The van der Waals surface area contributed by atoms with E-state index in [-0.39, 0.29) is 12.1 Å². The van der Waals surface area contributed by atoms with E-state index in [4.69, 9.17) is 18.9 Å². The summed E-state index contributed by atoms with van der Waals surface area (Å²) in [7, 11) is 0. The number of carbonyl (C=O) groups is 2. The van der Waals surface area contributed by atoms with Gasteiger partial charge in [-0.15, -0.1) is 11.8 Å². The second kappa shape index (κ2) is 372. The summed E-state index contributed by atoms with van der Waals surface area (Å²) in [5, 5.41) is 25.2. The van der Waals surface area contributed by atoms with Crippen molar-refractivity contribution in [3.05, 3.63) is 0 Å². The molecule has 3 amide bonds. The van der Waals surface area contributed by atoms with Crippen LogP contribution in [0.1, 0.15) is 446 Å². The van der Waals surface area contributed by atoms with E-state index < -0.39 is 0 Å². The summed E-state index contributed by atoms with van der Waals surface area (Å²) in [5.74, 6) is 7.98. The molecule has 7 N–H and O–H groups in total. The third-order valence-electron chi connectivity index (χ3n) is 8.70. The Hall–Kier alpha value is -2.73. The maximum atomic E-state index is 10.0. The first-order chi connectivity index (χ1) is 63.8. The number of aliphatic imine (C=N–C) groups is 3. The van der Waals surface area contributed by atoms with E-state index >= 15 is 0 Å². The lowest BCUT2D eigenvalue weighted by Crippen LogP contribution is -2.20. The van der Waals surface area contributed by atoms with Crippen molar-refractivity contribution in [2.75, 3.05) is 178 Å². The average molecular weight is 1960 g/mol. The second-order valence-corrected chi connectivity index (χ2v) is 20.5. The van der Waals surface area contributed by atoms with Gasteiger partial charge in [0.15, 0.2) is 6.40 Å². The van der Waals surface area contributed by atoms with Crippen LogP contribution in [0.3, 0.4) is 0 Å². The molecule has 0 saturated carbocycles. The molecule has 8 fully saturated rings. The van der Waals surface area contributed by atoms with Gasteiger partial charge in [-0.2, -0.15) is 40.4 Å². The van der Waals surface area contributed by atoms with Crippen LogP contribution in [-0.4, -0.2) is 227 Å². The molecule has 808 valence electrons. The van der Waals surface area contributed by atoms with Crippen LogP contribution in [-0.2, 0) is 33.3 Å². The summed E-state index contributed by atoms with van der Waals surface area (Å²) >= 11 is 9.57. The van der Waals surface area contributed by atoms with Crippen molar-refractivity contribution in [2.45, 2.75) is 446 Å². The van der Waals surface area contributed by atoms with Gasteiger partial charge in [0.25, 0.3) is 0 Å². The molecule has 0 unspecified atom stereocenters. The molecule has 0 atom stereocenters. The Kier molecular flexibility index (Phi) is 594. The number of urea groups is 1. The zero-order valence-electron chi connectivity index (χ0n) is 98.5. The molecule has 0 aliphatic carbocycles. The molecular weight excluding hydrogens is 1700 g/mol. The van der Waals surface area contributed by atoms with Crippen LogP contribution in [0.15, 0.2) is 29.6 Å². The minimum atomic E-state index is -0.296. The Labute approximate surface area is 835 Å². The highest BCUT2D eigenvalue weighted by Crippen LogP contribution is 2.20. The lowest BCUT2D eigenvalue weighted by atomic mass is 10.4. The highest BCUT2D eigenvalue weighted by atomic mass is 32.2. The maximum absolute atomic E-state index is 10.0. The summed E-state index contributed by atoms with van der Waals surface area (Å²) in [5.41, 5.74) is 4.69. The van der Waals surface area contributed by atoms with Crippen LogP contribution in [0.5, 0.6) is 0 Å². The fourth-order valence-corrected chi connectivity index (χ4v) is 9.49. The predicted molar refractivity (Wildman–Crippen MR) is 625 cm³/mol. The van der Waals surface area contributed by atoms with Crippen molar-refractivity contribution in [3.63, 3.8) is 0 Å². The molecule has 0 radical (unpaired) electrons. The molecule has 0 aromatic carbocycles. The lowest BCUT2D eigenvalue weighted by molar-refractivity contribution is 0.0692. The van der Waals surface area contributed by atoms with Crippen molar-refractivity contribution in [1.29, 1.82) is 0 Å². The monoisotopic (exact) mass is 1950 g/mol. The first-order valence-corrected chi connectivity index (χ1v) is 58.6. The first kappa shape index (κ1) is 204. The number of alkyl carbamates (subject to hydrolysis) is 1. The minimum Gasteiger partial charge on any atom is -0.482 e. The molecule has 22 nitrogen and oxygen atoms in total. The van der Waals surface area contributed by atoms with E-state index in [1.807, 2.05) is 429 Å². The van der Waals surface area contributed by atoms with E-state index in [9.17, 15) is 9.59 Å². The average Bonchev–Trinajstić information content (AvgIpc) is 1.91. The molecule has 8 saturated heterocycles. The number of carbonyl (C=O) groups excluding carboxylic acids is 2. The Bertz CT molecular complexity index is 1060. The summed E-state index contributed by atoms with van der Waals surface area (Å²) < 4.78 is 32.2. The lowest BCUT2D eigenvalue weighted by Gasteiger charge is -1.80. The van der Waals surface area contributed by atoms with Crippen LogP contribution in [0.2, 0.25) is 0 Å². The van der Waals surface area contributed by atoms with Crippen LogP contribution in [0, 0.1) is 0 Å². The van der Waals surface area contributed by atoms with Crippen molar-refractivity contribution in [1.82, 2.24) is 37.3 Å². The van der Waals surface area contributed by atoms with Gasteiger partial charge in [0, 0.05) is 112 Å². The highest BCUT2D eigenvalue weighted by molar-refractivity contribution is 8.19. The van der Waals surface area contributed by atoms with Gasteiger partial charge < -0.3 is 65.3 Å². The predicted octanol–water partition coefficient (Wildman–Crippen LogP) is 33.3. The number of oxime groups is 1. The fourth-order valence-electron chi connectivity index (χ4n) is 5.06. The van der Waals surface area contributed by atoms with Gasteiger partial charge in [-0.3, -0.25) is 20.3 Å². The van der Waals surface area contributed by atoms with Gasteiger partial charge in [0.05, 0.1) is 58.1 Å². The minimum absolute atomic E-state index is 0.0463. The molecule has 128 heavy (non-hydrogen) atoms. The fraction of sp³-hybridized carbons (Fsp3) is 0.921. The molecular formula is C101H255N13O9S5. The van der Waals surface area contributed by atoms with Gasteiger partial charge in [0.1, 0.15) is 26.6 Å². The smallest absolute Gasteiger partial charge is 0.407 e.